The minimum Gasteiger partial charge on any atom is -0.493 e. The molecule has 0 atom stereocenters. The maximum Gasteiger partial charge on any atom is 0.335 e. The van der Waals surface area contributed by atoms with Crippen LogP contribution in [0.15, 0.2) is 107 Å². The molecular formula is C33H26N2O7S. The maximum absolute atomic E-state index is 13.6. The fourth-order valence-electron chi connectivity index (χ4n) is 4.28. The summed E-state index contributed by atoms with van der Waals surface area (Å²) in [5.41, 5.74) is 3.21. The number of carbonyl (C=O) groups is 3. The van der Waals surface area contributed by atoms with Crippen LogP contribution in [0.1, 0.15) is 37.4 Å². The van der Waals surface area contributed by atoms with Crippen molar-refractivity contribution >= 4 is 46.5 Å². The Bertz CT molecular complexity index is 1730. The fraction of sp³-hybridized carbons (Fsp3) is 0.0909. The summed E-state index contributed by atoms with van der Waals surface area (Å²) in [4.78, 5) is 42.9. The zero-order valence-electron chi connectivity index (χ0n) is 23.0. The number of amidine groups is 1. The third-order valence-corrected chi connectivity index (χ3v) is 7.47. The number of methoxy groups -OCH3 is 1. The molecule has 1 heterocycles. The summed E-state index contributed by atoms with van der Waals surface area (Å²) in [5.74, 6) is -1.35. The fourth-order valence-corrected chi connectivity index (χ4v) is 5.28. The summed E-state index contributed by atoms with van der Waals surface area (Å²) < 4.78 is 11.4. The molecule has 43 heavy (non-hydrogen) atoms. The molecule has 10 heteroatoms. The quantitative estimate of drug-likeness (QED) is 0.200. The Labute approximate surface area is 251 Å². The number of thioether (sulfide) groups is 1. The Hall–Kier alpha value is -5.35. The lowest BCUT2D eigenvalue weighted by atomic mass is 10.1. The molecular weight excluding hydrogens is 568 g/mol. The molecule has 0 spiro atoms. The molecule has 9 nitrogen and oxygen atoms in total. The van der Waals surface area contributed by atoms with Crippen molar-refractivity contribution in [3.8, 4) is 11.5 Å². The van der Waals surface area contributed by atoms with Gasteiger partial charge in [-0.15, -0.1) is 0 Å². The number of carbonyl (C=O) groups excluding carboxylic acids is 1. The number of carboxylic acids is 2. The summed E-state index contributed by atoms with van der Waals surface area (Å²) in [6, 6.07) is 27.5. The van der Waals surface area contributed by atoms with Gasteiger partial charge in [0.1, 0.15) is 6.61 Å². The average molecular weight is 595 g/mol. The lowest BCUT2D eigenvalue weighted by Crippen LogP contribution is -2.28. The second-order valence-corrected chi connectivity index (χ2v) is 10.4. The van der Waals surface area contributed by atoms with Crippen molar-refractivity contribution in [1.82, 2.24) is 4.90 Å². The molecule has 4 aromatic rings. The van der Waals surface area contributed by atoms with Crippen molar-refractivity contribution in [2.24, 2.45) is 4.99 Å². The van der Waals surface area contributed by atoms with E-state index in [4.69, 9.17) is 14.5 Å². The highest BCUT2D eigenvalue weighted by Crippen LogP contribution is 2.37. The van der Waals surface area contributed by atoms with Crippen LogP contribution in [0.3, 0.4) is 0 Å². The Morgan fingerprint density at radius 3 is 2.28 bits per heavy atom. The lowest BCUT2D eigenvalue weighted by molar-refractivity contribution is -0.122. The van der Waals surface area contributed by atoms with Crippen molar-refractivity contribution in [2.45, 2.75) is 13.2 Å². The average Bonchev–Trinajstić information content (AvgIpc) is 3.29. The van der Waals surface area contributed by atoms with E-state index in [2.05, 4.69) is 0 Å². The van der Waals surface area contributed by atoms with Crippen LogP contribution >= 0.6 is 11.8 Å². The maximum atomic E-state index is 13.6. The van der Waals surface area contributed by atoms with E-state index < -0.39 is 11.9 Å². The van der Waals surface area contributed by atoms with Crippen molar-refractivity contribution < 1.29 is 34.1 Å². The summed E-state index contributed by atoms with van der Waals surface area (Å²) in [5, 5.41) is 18.9. The highest BCUT2D eigenvalue weighted by Gasteiger charge is 2.33. The standard InChI is InChI=1S/C33H26N2O7S/c1-41-28-17-22(12-15-27(28)42-20-23-6-5-7-25(16-23)32(39)40)18-29-30(36)35(19-21-10-13-24(14-11-21)31(37)38)33(43-29)34-26-8-3-2-4-9-26/h2-18H,19-20H2,1H3,(H,37,38)(H,39,40)/b29-18-,34-33?. The molecule has 216 valence electrons. The first-order valence-electron chi connectivity index (χ1n) is 13.1. The number of hydrogen-bond donors (Lipinski definition) is 2. The molecule has 1 aliphatic rings. The Morgan fingerprint density at radius 1 is 0.837 bits per heavy atom. The molecule has 0 unspecified atom stereocenters. The topological polar surface area (TPSA) is 126 Å². The van der Waals surface area contributed by atoms with E-state index in [1.54, 1.807) is 59.5 Å². The minimum absolute atomic E-state index is 0.147. The van der Waals surface area contributed by atoms with E-state index in [-0.39, 0.29) is 30.2 Å². The van der Waals surface area contributed by atoms with Gasteiger partial charge < -0.3 is 19.7 Å². The van der Waals surface area contributed by atoms with Crippen LogP contribution in [0.25, 0.3) is 6.08 Å². The summed E-state index contributed by atoms with van der Waals surface area (Å²) in [6.45, 7) is 0.363. The minimum atomic E-state index is -1.02. The molecule has 5 rings (SSSR count). The van der Waals surface area contributed by atoms with E-state index in [0.29, 0.717) is 38.4 Å². The van der Waals surface area contributed by atoms with Gasteiger partial charge in [0.25, 0.3) is 5.91 Å². The highest BCUT2D eigenvalue weighted by atomic mass is 32.2. The second-order valence-electron chi connectivity index (χ2n) is 9.44. The second kappa shape index (κ2) is 13.1. The van der Waals surface area contributed by atoms with Crippen LogP contribution in [0, 0.1) is 0 Å². The molecule has 2 N–H and O–H groups in total. The normalized spacial score (nSPS) is 14.7. The van der Waals surface area contributed by atoms with E-state index in [1.165, 1.54) is 37.1 Å². The molecule has 1 amide bonds. The van der Waals surface area contributed by atoms with Gasteiger partial charge in [0.15, 0.2) is 16.7 Å². The number of aliphatic imine (C=N–C) groups is 1. The summed E-state index contributed by atoms with van der Waals surface area (Å²) in [7, 11) is 1.52. The summed E-state index contributed by atoms with van der Waals surface area (Å²) in [6.07, 6.45) is 1.75. The number of carboxylic acid groups (broad SMARTS) is 2. The van der Waals surface area contributed by atoms with Gasteiger partial charge in [-0.3, -0.25) is 9.69 Å². The van der Waals surface area contributed by atoms with Crippen molar-refractivity contribution in [3.63, 3.8) is 0 Å². The van der Waals surface area contributed by atoms with Crippen LogP contribution < -0.4 is 9.47 Å². The van der Waals surface area contributed by atoms with Gasteiger partial charge in [0, 0.05) is 0 Å². The van der Waals surface area contributed by atoms with Gasteiger partial charge in [-0.1, -0.05) is 48.5 Å². The van der Waals surface area contributed by atoms with Crippen LogP contribution in [0.4, 0.5) is 5.69 Å². The number of rotatable bonds is 10. The van der Waals surface area contributed by atoms with Crippen molar-refractivity contribution in [1.29, 1.82) is 0 Å². The predicted molar refractivity (Wildman–Crippen MR) is 164 cm³/mol. The molecule has 0 aromatic heterocycles. The number of ether oxygens (including phenoxy) is 2. The number of benzene rings is 4. The highest BCUT2D eigenvalue weighted by molar-refractivity contribution is 8.18. The molecule has 1 saturated heterocycles. The molecule has 4 aromatic carbocycles. The van der Waals surface area contributed by atoms with Crippen molar-refractivity contribution in [3.05, 3.63) is 130 Å². The zero-order chi connectivity index (χ0) is 30.3. The molecule has 0 radical (unpaired) electrons. The van der Waals surface area contributed by atoms with E-state index in [0.717, 1.165) is 5.56 Å². The smallest absolute Gasteiger partial charge is 0.335 e. The van der Waals surface area contributed by atoms with E-state index in [1.807, 2.05) is 30.3 Å². The summed E-state index contributed by atoms with van der Waals surface area (Å²) >= 11 is 1.25. The molecule has 0 saturated carbocycles. The third kappa shape index (κ3) is 7.11. The molecule has 0 aliphatic carbocycles. The van der Waals surface area contributed by atoms with Crippen LogP contribution in [-0.4, -0.2) is 45.2 Å². The van der Waals surface area contributed by atoms with Gasteiger partial charge in [0.05, 0.1) is 35.4 Å². The number of hydrogen-bond acceptors (Lipinski definition) is 7. The van der Waals surface area contributed by atoms with Gasteiger partial charge in [0.2, 0.25) is 0 Å². The Kier molecular flexibility index (Phi) is 8.88. The van der Waals surface area contributed by atoms with Gasteiger partial charge in [-0.2, -0.15) is 0 Å². The molecule has 1 aliphatic heterocycles. The number of aromatic carboxylic acids is 2. The molecule has 0 bridgehead atoms. The number of para-hydroxylation sites is 1. The monoisotopic (exact) mass is 594 g/mol. The van der Waals surface area contributed by atoms with Crippen LogP contribution in [0.5, 0.6) is 11.5 Å². The Balaban J connectivity index is 1.39. The first-order valence-corrected chi connectivity index (χ1v) is 13.9. The predicted octanol–water partition coefficient (Wildman–Crippen LogP) is 6.47. The SMILES string of the molecule is COc1cc(/C=C2\SC(=Nc3ccccc3)N(Cc3ccc(C(=O)O)cc3)C2=O)ccc1OCc1cccc(C(=O)O)c1. The first kappa shape index (κ1) is 29.2. The van der Waals surface area contributed by atoms with Crippen LogP contribution in [-0.2, 0) is 17.9 Å². The third-order valence-electron chi connectivity index (χ3n) is 6.46. The van der Waals surface area contributed by atoms with E-state index >= 15 is 0 Å². The number of nitrogens with zero attached hydrogens (tertiary/aromatic N) is 2. The lowest BCUT2D eigenvalue weighted by Gasteiger charge is -2.16. The van der Waals surface area contributed by atoms with Crippen LogP contribution in [0.2, 0.25) is 0 Å². The zero-order valence-corrected chi connectivity index (χ0v) is 23.8. The largest absolute Gasteiger partial charge is 0.493 e. The Morgan fingerprint density at radius 2 is 1.58 bits per heavy atom. The van der Waals surface area contributed by atoms with E-state index in [9.17, 15) is 24.6 Å². The van der Waals surface area contributed by atoms with Gasteiger partial charge in [-0.05, 0) is 83.1 Å². The van der Waals surface area contributed by atoms with Gasteiger partial charge >= 0.3 is 11.9 Å². The van der Waals surface area contributed by atoms with Gasteiger partial charge in [-0.25, -0.2) is 14.6 Å². The van der Waals surface area contributed by atoms with Crippen molar-refractivity contribution in [2.75, 3.05) is 7.11 Å². The molecule has 1 fully saturated rings. The number of amides is 1. The first-order chi connectivity index (χ1) is 20.8.